The van der Waals surface area contributed by atoms with E-state index in [4.69, 9.17) is 15.2 Å². The summed E-state index contributed by atoms with van der Waals surface area (Å²) in [5, 5.41) is 13.7. The van der Waals surface area contributed by atoms with Gasteiger partial charge in [-0.2, -0.15) is 0 Å². The van der Waals surface area contributed by atoms with Gasteiger partial charge in [-0.15, -0.1) is 12.4 Å². The molecule has 1 rings (SSSR count). The van der Waals surface area contributed by atoms with Crippen LogP contribution in [0.15, 0.2) is 12.1 Å². The number of nitrogens with two attached hydrogens (primary N) is 1. The van der Waals surface area contributed by atoms with Gasteiger partial charge in [0.05, 0.1) is 31.3 Å². The zero-order chi connectivity index (χ0) is 16.0. The number of carbonyl (C=O) groups is 1. The van der Waals surface area contributed by atoms with Gasteiger partial charge in [-0.3, -0.25) is 14.9 Å². The van der Waals surface area contributed by atoms with Crippen molar-refractivity contribution in [1.82, 2.24) is 5.32 Å². The number of methoxy groups -OCH3 is 2. The molecule has 0 heterocycles. The second-order valence-corrected chi connectivity index (χ2v) is 4.42. The molecule has 1 atom stereocenters. The van der Waals surface area contributed by atoms with Crippen molar-refractivity contribution >= 4 is 24.0 Å². The smallest absolute Gasteiger partial charge is 0.276 e. The molecule has 0 saturated carbocycles. The Morgan fingerprint density at radius 3 is 2.36 bits per heavy atom. The van der Waals surface area contributed by atoms with Crippen molar-refractivity contribution in [1.29, 1.82) is 0 Å². The average Bonchev–Trinajstić information content (AvgIpc) is 2.45. The van der Waals surface area contributed by atoms with E-state index in [1.54, 1.807) is 6.92 Å². The first kappa shape index (κ1) is 19.9. The molecule has 0 bridgehead atoms. The van der Waals surface area contributed by atoms with E-state index in [0.717, 1.165) is 0 Å². The molecule has 0 aliphatic heterocycles. The van der Waals surface area contributed by atoms with E-state index in [0.29, 0.717) is 11.3 Å². The molecular weight excluding hydrogens is 314 g/mol. The predicted molar refractivity (Wildman–Crippen MR) is 83.8 cm³/mol. The zero-order valence-electron chi connectivity index (χ0n) is 12.6. The minimum absolute atomic E-state index is 0. The third-order valence-corrected chi connectivity index (χ3v) is 2.89. The maximum Gasteiger partial charge on any atom is 0.276 e. The van der Waals surface area contributed by atoms with Crippen LogP contribution in [0.2, 0.25) is 0 Å². The van der Waals surface area contributed by atoms with Crippen LogP contribution >= 0.6 is 12.4 Å². The fourth-order valence-electron chi connectivity index (χ4n) is 1.76. The molecule has 1 aromatic rings. The maximum absolute atomic E-state index is 11.4. The zero-order valence-corrected chi connectivity index (χ0v) is 13.4. The molecule has 9 heteroatoms. The van der Waals surface area contributed by atoms with Crippen molar-refractivity contribution < 1.29 is 19.2 Å². The van der Waals surface area contributed by atoms with Gasteiger partial charge >= 0.3 is 0 Å². The summed E-state index contributed by atoms with van der Waals surface area (Å²) in [5.74, 6) is 0.377. The van der Waals surface area contributed by atoms with Crippen molar-refractivity contribution in [2.75, 3.05) is 20.8 Å². The third kappa shape index (κ3) is 5.05. The standard InChI is InChI=1S/C13H19N3O5.ClH/c1-8(14)13(17)15-5-4-9-6-11(20-2)12(21-3)7-10(9)16(18)19;/h6-8H,4-5,14H2,1-3H3,(H,15,17);1H/t8-;/m1./s1. The first-order valence-electron chi connectivity index (χ1n) is 6.33. The highest BCUT2D eigenvalue weighted by Gasteiger charge is 2.19. The molecule has 0 fully saturated rings. The van der Waals surface area contributed by atoms with Crippen LogP contribution in [0.1, 0.15) is 12.5 Å². The lowest BCUT2D eigenvalue weighted by Gasteiger charge is -2.11. The van der Waals surface area contributed by atoms with Gasteiger partial charge in [0, 0.05) is 12.1 Å². The van der Waals surface area contributed by atoms with Crippen molar-refractivity contribution in [3.63, 3.8) is 0 Å². The van der Waals surface area contributed by atoms with Crippen LogP contribution in [0.3, 0.4) is 0 Å². The molecule has 0 unspecified atom stereocenters. The Morgan fingerprint density at radius 2 is 1.91 bits per heavy atom. The van der Waals surface area contributed by atoms with Crippen LogP contribution < -0.4 is 20.5 Å². The van der Waals surface area contributed by atoms with Gasteiger partial charge in [0.15, 0.2) is 11.5 Å². The number of nitro groups is 1. The average molecular weight is 334 g/mol. The summed E-state index contributed by atoms with van der Waals surface area (Å²) < 4.78 is 10.2. The van der Waals surface area contributed by atoms with Crippen molar-refractivity contribution in [3.8, 4) is 11.5 Å². The van der Waals surface area contributed by atoms with E-state index < -0.39 is 11.0 Å². The first-order valence-corrected chi connectivity index (χ1v) is 6.33. The second kappa shape index (κ2) is 9.06. The van der Waals surface area contributed by atoms with Gasteiger partial charge in [-0.1, -0.05) is 0 Å². The van der Waals surface area contributed by atoms with Crippen LogP contribution in [0.5, 0.6) is 11.5 Å². The number of nitrogens with zero attached hydrogens (tertiary/aromatic N) is 1. The normalized spacial score (nSPS) is 11.1. The number of hydrogen-bond donors (Lipinski definition) is 2. The summed E-state index contributed by atoms with van der Waals surface area (Å²) in [6.07, 6.45) is 0.287. The third-order valence-electron chi connectivity index (χ3n) is 2.89. The molecule has 0 aliphatic rings. The molecule has 8 nitrogen and oxygen atoms in total. The Morgan fingerprint density at radius 1 is 1.36 bits per heavy atom. The maximum atomic E-state index is 11.4. The summed E-state index contributed by atoms with van der Waals surface area (Å²) in [7, 11) is 2.86. The fraction of sp³-hybridized carbons (Fsp3) is 0.462. The molecule has 22 heavy (non-hydrogen) atoms. The largest absolute Gasteiger partial charge is 0.493 e. The Kier molecular flexibility index (Phi) is 8.21. The summed E-state index contributed by atoms with van der Waals surface area (Å²) in [5.41, 5.74) is 5.79. The van der Waals surface area contributed by atoms with Crippen LogP contribution in [-0.2, 0) is 11.2 Å². The van der Waals surface area contributed by atoms with Crippen LogP contribution in [0.25, 0.3) is 0 Å². The van der Waals surface area contributed by atoms with Crippen LogP contribution in [0.4, 0.5) is 5.69 Å². The predicted octanol–water partition coefficient (Wildman–Crippen LogP) is 1.04. The lowest BCUT2D eigenvalue weighted by atomic mass is 10.1. The molecule has 0 aromatic heterocycles. The number of ether oxygens (including phenoxy) is 2. The highest BCUT2D eigenvalue weighted by Crippen LogP contribution is 2.34. The Bertz CT molecular complexity index is 537. The monoisotopic (exact) mass is 333 g/mol. The molecule has 0 aliphatic carbocycles. The minimum atomic E-state index is -0.620. The summed E-state index contributed by atoms with van der Waals surface area (Å²) in [6.45, 7) is 1.81. The van der Waals surface area contributed by atoms with E-state index in [9.17, 15) is 14.9 Å². The van der Waals surface area contributed by atoms with Gasteiger partial charge in [0.1, 0.15) is 0 Å². The summed E-state index contributed by atoms with van der Waals surface area (Å²) >= 11 is 0. The van der Waals surface area contributed by atoms with Crippen LogP contribution in [-0.4, -0.2) is 37.6 Å². The number of nitro benzene ring substituents is 1. The minimum Gasteiger partial charge on any atom is -0.493 e. The summed E-state index contributed by atoms with van der Waals surface area (Å²) in [4.78, 5) is 22.0. The number of rotatable bonds is 7. The van der Waals surface area contributed by atoms with Crippen LogP contribution in [0, 0.1) is 10.1 Å². The van der Waals surface area contributed by atoms with E-state index >= 15 is 0 Å². The highest BCUT2D eigenvalue weighted by atomic mass is 35.5. The number of hydrogen-bond acceptors (Lipinski definition) is 6. The SMILES string of the molecule is COc1cc(CCNC(=O)[C@@H](C)N)c([N+](=O)[O-])cc1OC.Cl. The van der Waals surface area contributed by atoms with Gasteiger partial charge < -0.3 is 20.5 Å². The van der Waals surface area contributed by atoms with Gasteiger partial charge in [-0.25, -0.2) is 0 Å². The van der Waals surface area contributed by atoms with E-state index in [2.05, 4.69) is 5.32 Å². The molecule has 1 aromatic carbocycles. The topological polar surface area (TPSA) is 117 Å². The van der Waals surface area contributed by atoms with Crippen molar-refractivity contribution in [3.05, 3.63) is 27.8 Å². The van der Waals surface area contributed by atoms with E-state index in [1.165, 1.54) is 26.4 Å². The Balaban J connectivity index is 0.00000441. The Labute approximate surface area is 134 Å². The van der Waals surface area contributed by atoms with Gasteiger partial charge in [-0.05, 0) is 19.4 Å². The van der Waals surface area contributed by atoms with E-state index in [-0.39, 0.29) is 42.7 Å². The van der Waals surface area contributed by atoms with Crippen molar-refractivity contribution in [2.24, 2.45) is 5.73 Å². The lowest BCUT2D eigenvalue weighted by Crippen LogP contribution is -2.39. The number of amides is 1. The molecule has 1 amide bonds. The molecule has 3 N–H and O–H groups in total. The van der Waals surface area contributed by atoms with E-state index in [1.807, 2.05) is 0 Å². The number of halogens is 1. The van der Waals surface area contributed by atoms with Gasteiger partial charge in [0.2, 0.25) is 5.91 Å². The first-order chi connectivity index (χ1) is 9.90. The number of nitrogens with one attached hydrogen (secondary N) is 1. The molecule has 0 radical (unpaired) electrons. The number of benzene rings is 1. The van der Waals surface area contributed by atoms with Gasteiger partial charge in [0.25, 0.3) is 5.69 Å². The second-order valence-electron chi connectivity index (χ2n) is 4.42. The van der Waals surface area contributed by atoms with Crippen molar-refractivity contribution in [2.45, 2.75) is 19.4 Å². The molecule has 0 spiro atoms. The lowest BCUT2D eigenvalue weighted by molar-refractivity contribution is -0.385. The highest BCUT2D eigenvalue weighted by molar-refractivity contribution is 5.85. The quantitative estimate of drug-likeness (QED) is 0.568. The fourth-order valence-corrected chi connectivity index (χ4v) is 1.76. The molecular formula is C13H20ClN3O5. The summed E-state index contributed by atoms with van der Waals surface area (Å²) in [6, 6.07) is 2.22. The molecule has 124 valence electrons. The number of carbonyl (C=O) groups excluding carboxylic acids is 1. The Hall–Kier alpha value is -2.06. The molecule has 0 saturated heterocycles.